The van der Waals surface area contributed by atoms with Crippen LogP contribution < -0.4 is 14.8 Å². The second-order valence-corrected chi connectivity index (χ2v) is 7.26. The molecule has 7 heteroatoms. The Morgan fingerprint density at radius 3 is 2.52 bits per heavy atom. The van der Waals surface area contributed by atoms with E-state index < -0.39 is 0 Å². The zero-order valence-corrected chi connectivity index (χ0v) is 16.5. The highest BCUT2D eigenvalue weighted by Gasteiger charge is 2.24. The highest BCUT2D eigenvalue weighted by molar-refractivity contribution is 8.18. The highest BCUT2D eigenvalue weighted by Crippen LogP contribution is 2.35. The van der Waals surface area contributed by atoms with Crippen molar-refractivity contribution in [3.63, 3.8) is 0 Å². The van der Waals surface area contributed by atoms with Gasteiger partial charge in [-0.25, -0.2) is 9.38 Å². The van der Waals surface area contributed by atoms with Gasteiger partial charge in [0.2, 0.25) is 0 Å². The van der Waals surface area contributed by atoms with E-state index in [1.807, 2.05) is 30.3 Å². The monoisotopic (exact) mass is 408 g/mol. The van der Waals surface area contributed by atoms with Crippen molar-refractivity contribution in [2.45, 2.75) is 0 Å². The number of methoxy groups -OCH3 is 2. The quantitative estimate of drug-likeness (QED) is 0.625. The van der Waals surface area contributed by atoms with Gasteiger partial charge in [-0.2, -0.15) is 0 Å². The Morgan fingerprint density at radius 2 is 1.79 bits per heavy atom. The first-order valence-corrected chi connectivity index (χ1v) is 9.59. The summed E-state index contributed by atoms with van der Waals surface area (Å²) >= 11 is 1.22. The van der Waals surface area contributed by atoms with Crippen molar-refractivity contribution in [3.8, 4) is 11.5 Å². The Morgan fingerprint density at radius 1 is 1.03 bits per heavy atom. The van der Waals surface area contributed by atoms with Gasteiger partial charge in [-0.3, -0.25) is 4.79 Å². The number of halogens is 1. The standard InChI is InChI=1S/C22H17FN2O3S/c1-27-16-9-3-13-4-10-19(28-2)18(17(13)11-16)12-20-21(26)25-22(29-20)24-15-7-5-14(23)6-8-15/h3-12H,1-2H3,(H,24,25,26)/b20-12+. The van der Waals surface area contributed by atoms with Crippen molar-refractivity contribution < 1.29 is 18.7 Å². The fraction of sp³-hybridized carbons (Fsp3) is 0.0909. The number of ether oxygens (including phenoxy) is 2. The van der Waals surface area contributed by atoms with Crippen LogP contribution in [0.2, 0.25) is 0 Å². The average Bonchev–Trinajstić information content (AvgIpc) is 3.08. The van der Waals surface area contributed by atoms with Gasteiger partial charge in [0.05, 0.1) is 24.8 Å². The molecule has 1 heterocycles. The van der Waals surface area contributed by atoms with E-state index in [1.165, 1.54) is 23.9 Å². The summed E-state index contributed by atoms with van der Waals surface area (Å²) in [5.41, 5.74) is 1.34. The molecular formula is C22H17FN2O3S. The predicted octanol–water partition coefficient (Wildman–Crippen LogP) is 4.89. The summed E-state index contributed by atoms with van der Waals surface area (Å²) in [5, 5.41) is 5.09. The van der Waals surface area contributed by atoms with Crippen LogP contribution in [0, 0.1) is 5.82 Å². The van der Waals surface area contributed by atoms with Crippen molar-refractivity contribution in [1.29, 1.82) is 0 Å². The van der Waals surface area contributed by atoms with Gasteiger partial charge in [0.25, 0.3) is 5.91 Å². The fourth-order valence-electron chi connectivity index (χ4n) is 3.00. The van der Waals surface area contributed by atoms with E-state index in [4.69, 9.17) is 9.47 Å². The van der Waals surface area contributed by atoms with E-state index in [-0.39, 0.29) is 11.7 Å². The number of thioether (sulfide) groups is 1. The summed E-state index contributed by atoms with van der Waals surface area (Å²) < 4.78 is 23.9. The Labute approximate surface area is 171 Å². The van der Waals surface area contributed by atoms with Gasteiger partial charge in [0.1, 0.15) is 17.3 Å². The molecule has 0 saturated carbocycles. The molecule has 1 aliphatic heterocycles. The molecule has 1 amide bonds. The lowest BCUT2D eigenvalue weighted by atomic mass is 10.0. The van der Waals surface area contributed by atoms with Gasteiger partial charge < -0.3 is 14.8 Å². The third-order valence-corrected chi connectivity index (χ3v) is 5.34. The molecule has 1 saturated heterocycles. The molecule has 0 bridgehead atoms. The average molecular weight is 408 g/mol. The number of nitrogens with zero attached hydrogens (tertiary/aromatic N) is 1. The molecule has 29 heavy (non-hydrogen) atoms. The molecule has 1 N–H and O–H groups in total. The number of hydrogen-bond donors (Lipinski definition) is 1. The lowest BCUT2D eigenvalue weighted by molar-refractivity contribution is -0.115. The molecule has 5 nitrogen and oxygen atoms in total. The van der Waals surface area contributed by atoms with Gasteiger partial charge >= 0.3 is 0 Å². The molecule has 3 aromatic rings. The maximum atomic E-state index is 13.1. The third kappa shape index (κ3) is 3.95. The van der Waals surface area contributed by atoms with E-state index in [2.05, 4.69) is 10.3 Å². The second-order valence-electron chi connectivity index (χ2n) is 6.23. The van der Waals surface area contributed by atoms with E-state index in [1.54, 1.807) is 32.4 Å². The van der Waals surface area contributed by atoms with E-state index in [0.717, 1.165) is 16.3 Å². The first kappa shape index (κ1) is 19.0. The number of aliphatic imine (C=N–C) groups is 1. The Hall–Kier alpha value is -3.32. The molecule has 0 unspecified atom stereocenters. The zero-order valence-electron chi connectivity index (χ0n) is 15.7. The lowest BCUT2D eigenvalue weighted by Gasteiger charge is -2.10. The van der Waals surface area contributed by atoms with E-state index in [0.29, 0.717) is 27.3 Å². The Kier molecular flexibility index (Phi) is 5.22. The second kappa shape index (κ2) is 7.97. The lowest BCUT2D eigenvalue weighted by Crippen LogP contribution is -2.19. The summed E-state index contributed by atoms with van der Waals surface area (Å²) in [6.45, 7) is 0. The van der Waals surface area contributed by atoms with Gasteiger partial charge in [-0.1, -0.05) is 12.1 Å². The van der Waals surface area contributed by atoms with Crippen LogP contribution in [0.3, 0.4) is 0 Å². The molecule has 0 spiro atoms. The largest absolute Gasteiger partial charge is 0.497 e. The number of amides is 1. The molecule has 0 atom stereocenters. The molecular weight excluding hydrogens is 391 g/mol. The van der Waals surface area contributed by atoms with Gasteiger partial charge in [0, 0.05) is 5.56 Å². The molecule has 3 aromatic carbocycles. The molecule has 0 aromatic heterocycles. The van der Waals surface area contributed by atoms with Crippen molar-refractivity contribution in [2.75, 3.05) is 14.2 Å². The summed E-state index contributed by atoms with van der Waals surface area (Å²) in [6.07, 6.45) is 1.79. The van der Waals surface area contributed by atoms with Crippen LogP contribution in [-0.4, -0.2) is 25.3 Å². The molecule has 146 valence electrons. The van der Waals surface area contributed by atoms with Crippen LogP contribution in [0.15, 0.2) is 64.5 Å². The minimum Gasteiger partial charge on any atom is -0.497 e. The summed E-state index contributed by atoms with van der Waals surface area (Å²) in [5.74, 6) is 0.775. The highest BCUT2D eigenvalue weighted by atomic mass is 32.2. The fourth-order valence-corrected chi connectivity index (χ4v) is 3.82. The van der Waals surface area contributed by atoms with Crippen molar-refractivity contribution in [1.82, 2.24) is 5.32 Å². The van der Waals surface area contributed by atoms with E-state index >= 15 is 0 Å². The predicted molar refractivity (Wildman–Crippen MR) is 114 cm³/mol. The van der Waals surface area contributed by atoms with Crippen molar-refractivity contribution >= 4 is 45.4 Å². The molecule has 1 aliphatic rings. The third-order valence-electron chi connectivity index (χ3n) is 4.43. The molecule has 1 fully saturated rings. The van der Waals surface area contributed by atoms with Crippen LogP contribution in [-0.2, 0) is 4.79 Å². The number of hydrogen-bond acceptors (Lipinski definition) is 5. The van der Waals surface area contributed by atoms with Crippen LogP contribution in [0.4, 0.5) is 10.1 Å². The number of benzene rings is 3. The number of nitrogens with one attached hydrogen (secondary N) is 1. The summed E-state index contributed by atoms with van der Waals surface area (Å²) in [7, 11) is 3.20. The topological polar surface area (TPSA) is 59.9 Å². The van der Waals surface area contributed by atoms with Gasteiger partial charge in [0.15, 0.2) is 5.17 Å². The normalized spacial score (nSPS) is 16.4. The number of rotatable bonds is 4. The van der Waals surface area contributed by atoms with Gasteiger partial charge in [-0.15, -0.1) is 0 Å². The maximum Gasteiger partial charge on any atom is 0.264 e. The molecule has 0 radical (unpaired) electrons. The molecule has 0 aliphatic carbocycles. The SMILES string of the molecule is COc1ccc2ccc(OC)c(/C=C3/SC(=Nc4ccc(F)cc4)NC3=O)c2c1. The van der Waals surface area contributed by atoms with Crippen LogP contribution in [0.25, 0.3) is 16.8 Å². The number of carbonyl (C=O) groups is 1. The van der Waals surface area contributed by atoms with Crippen LogP contribution >= 0.6 is 11.8 Å². The Bertz CT molecular complexity index is 1150. The summed E-state index contributed by atoms with van der Waals surface area (Å²) in [4.78, 5) is 17.3. The number of amidine groups is 1. The Balaban J connectivity index is 1.74. The molecule has 4 rings (SSSR count). The summed E-state index contributed by atoms with van der Waals surface area (Å²) in [6, 6.07) is 15.3. The first-order chi connectivity index (χ1) is 14.1. The number of carbonyl (C=O) groups excluding carboxylic acids is 1. The minimum atomic E-state index is -0.337. The number of fused-ring (bicyclic) bond motifs is 1. The van der Waals surface area contributed by atoms with Gasteiger partial charge in [-0.05, 0) is 71.1 Å². The van der Waals surface area contributed by atoms with Crippen molar-refractivity contribution in [3.05, 3.63) is 70.9 Å². The smallest absolute Gasteiger partial charge is 0.264 e. The van der Waals surface area contributed by atoms with Crippen molar-refractivity contribution in [2.24, 2.45) is 4.99 Å². The zero-order chi connectivity index (χ0) is 20.4. The maximum absolute atomic E-state index is 13.1. The first-order valence-electron chi connectivity index (χ1n) is 8.77. The minimum absolute atomic E-state index is 0.252. The van der Waals surface area contributed by atoms with Crippen LogP contribution in [0.5, 0.6) is 11.5 Å². The van der Waals surface area contributed by atoms with Crippen LogP contribution in [0.1, 0.15) is 5.56 Å². The van der Waals surface area contributed by atoms with E-state index in [9.17, 15) is 9.18 Å².